The van der Waals surface area contributed by atoms with Gasteiger partial charge in [-0.25, -0.2) is 8.78 Å². The molecule has 3 heteroatoms. The van der Waals surface area contributed by atoms with Crippen molar-refractivity contribution < 1.29 is 8.78 Å². The number of benzene rings is 1. The van der Waals surface area contributed by atoms with Crippen LogP contribution in [-0.2, 0) is 6.42 Å². The van der Waals surface area contributed by atoms with Crippen molar-refractivity contribution in [3.8, 4) is 0 Å². The maximum absolute atomic E-state index is 13.2. The maximum Gasteiger partial charge on any atom is 0.126 e. The van der Waals surface area contributed by atoms with Crippen molar-refractivity contribution >= 4 is 0 Å². The molecular weight excluding hydrogens is 244 g/mol. The van der Waals surface area contributed by atoms with E-state index in [1.165, 1.54) is 12.1 Å². The third kappa shape index (κ3) is 5.97. The van der Waals surface area contributed by atoms with Crippen LogP contribution in [0.1, 0.15) is 38.7 Å². The molecule has 0 bridgehead atoms. The molecule has 0 aliphatic rings. The van der Waals surface area contributed by atoms with Crippen molar-refractivity contribution in [3.63, 3.8) is 0 Å². The van der Waals surface area contributed by atoms with Gasteiger partial charge in [-0.05, 0) is 49.9 Å². The van der Waals surface area contributed by atoms with Gasteiger partial charge in [0.15, 0.2) is 0 Å². The van der Waals surface area contributed by atoms with Crippen LogP contribution in [0.4, 0.5) is 8.78 Å². The highest BCUT2D eigenvalue weighted by Crippen LogP contribution is 2.15. The number of nitrogens with one attached hydrogen (secondary N) is 1. The van der Waals surface area contributed by atoms with Crippen molar-refractivity contribution in [1.29, 1.82) is 0 Å². The molecule has 0 saturated carbocycles. The fourth-order valence-corrected chi connectivity index (χ4v) is 2.07. The highest BCUT2D eigenvalue weighted by atomic mass is 19.1. The maximum atomic E-state index is 13.2. The summed E-state index contributed by atoms with van der Waals surface area (Å²) >= 11 is 0. The topological polar surface area (TPSA) is 12.0 Å². The Labute approximate surface area is 114 Å². The van der Waals surface area contributed by atoms with Crippen molar-refractivity contribution in [3.05, 3.63) is 47.5 Å². The summed E-state index contributed by atoms with van der Waals surface area (Å²) in [6.45, 7) is 9.08. The lowest BCUT2D eigenvalue weighted by Crippen LogP contribution is -2.32. The molecule has 0 aliphatic carbocycles. The number of halogens is 2. The summed E-state index contributed by atoms with van der Waals surface area (Å²) < 4.78 is 26.4. The molecule has 0 amide bonds. The zero-order valence-electron chi connectivity index (χ0n) is 11.8. The minimum atomic E-state index is -0.515. The van der Waals surface area contributed by atoms with Gasteiger partial charge in [0, 0.05) is 12.1 Å². The van der Waals surface area contributed by atoms with Gasteiger partial charge in [0.25, 0.3) is 0 Å². The number of hydrogen-bond donors (Lipinski definition) is 1. The largest absolute Gasteiger partial charge is 0.313 e. The van der Waals surface area contributed by atoms with Gasteiger partial charge >= 0.3 is 0 Å². The Hall–Kier alpha value is -1.22. The van der Waals surface area contributed by atoms with E-state index in [9.17, 15) is 8.78 Å². The van der Waals surface area contributed by atoms with Crippen molar-refractivity contribution in [2.75, 3.05) is 6.54 Å². The van der Waals surface area contributed by atoms with Crippen LogP contribution in [0, 0.1) is 11.6 Å². The van der Waals surface area contributed by atoms with E-state index >= 15 is 0 Å². The van der Waals surface area contributed by atoms with Crippen LogP contribution in [0.15, 0.2) is 30.4 Å². The first-order valence-electron chi connectivity index (χ1n) is 6.90. The quantitative estimate of drug-likeness (QED) is 0.695. The number of rotatable bonds is 8. The molecule has 19 heavy (non-hydrogen) atoms. The molecule has 1 nitrogen and oxygen atoms in total. The third-order valence-electron chi connectivity index (χ3n) is 3.12. The van der Waals surface area contributed by atoms with Crippen molar-refractivity contribution in [2.24, 2.45) is 0 Å². The summed E-state index contributed by atoms with van der Waals surface area (Å²) in [5.41, 5.74) is 1.85. The molecule has 1 unspecified atom stereocenters. The molecule has 0 saturated heterocycles. The molecule has 0 heterocycles. The molecule has 1 atom stereocenters. The van der Waals surface area contributed by atoms with Gasteiger partial charge in [-0.3, -0.25) is 0 Å². The highest BCUT2D eigenvalue weighted by Gasteiger charge is 2.11. The van der Waals surface area contributed by atoms with Crippen LogP contribution >= 0.6 is 0 Å². The summed E-state index contributed by atoms with van der Waals surface area (Å²) in [5.74, 6) is -1.03. The minimum absolute atomic E-state index is 0.189. The van der Waals surface area contributed by atoms with Crippen molar-refractivity contribution in [1.82, 2.24) is 5.32 Å². The van der Waals surface area contributed by atoms with Gasteiger partial charge in [-0.15, -0.1) is 0 Å². The lowest BCUT2D eigenvalue weighted by molar-refractivity contribution is 0.496. The van der Waals surface area contributed by atoms with E-state index < -0.39 is 11.6 Å². The molecule has 1 aromatic rings. The van der Waals surface area contributed by atoms with E-state index in [-0.39, 0.29) is 6.04 Å². The smallest absolute Gasteiger partial charge is 0.126 e. The van der Waals surface area contributed by atoms with Gasteiger partial charge in [0.2, 0.25) is 0 Å². The Morgan fingerprint density at radius 1 is 1.21 bits per heavy atom. The first kappa shape index (κ1) is 15.8. The third-order valence-corrected chi connectivity index (χ3v) is 3.12. The fraction of sp³-hybridized carbons (Fsp3) is 0.500. The van der Waals surface area contributed by atoms with E-state index in [0.29, 0.717) is 12.0 Å². The normalized spacial score (nSPS) is 12.4. The van der Waals surface area contributed by atoms with E-state index in [1.807, 2.05) is 0 Å². The zero-order valence-corrected chi connectivity index (χ0v) is 11.8. The molecule has 0 radical (unpaired) electrons. The van der Waals surface area contributed by atoms with Crippen LogP contribution in [-0.4, -0.2) is 12.6 Å². The lowest BCUT2D eigenvalue weighted by atomic mass is 9.98. The van der Waals surface area contributed by atoms with Crippen LogP contribution < -0.4 is 5.32 Å². The monoisotopic (exact) mass is 267 g/mol. The van der Waals surface area contributed by atoms with Crippen LogP contribution in [0.3, 0.4) is 0 Å². The Balaban J connectivity index is 2.71. The predicted octanol–water partition coefficient (Wildman–Crippen LogP) is 4.23. The second kappa shape index (κ2) is 8.05. The first-order valence-corrected chi connectivity index (χ1v) is 6.90. The van der Waals surface area contributed by atoms with Gasteiger partial charge in [-0.2, -0.15) is 0 Å². The van der Waals surface area contributed by atoms with Gasteiger partial charge in [0.05, 0.1) is 0 Å². The van der Waals surface area contributed by atoms with Crippen molar-refractivity contribution in [2.45, 2.75) is 45.6 Å². The Bertz CT molecular complexity index is 395. The number of hydrogen-bond acceptors (Lipinski definition) is 1. The van der Waals surface area contributed by atoms with E-state index in [1.54, 1.807) is 0 Å². The highest BCUT2D eigenvalue weighted by molar-refractivity contribution is 5.19. The average molecular weight is 267 g/mol. The van der Waals surface area contributed by atoms with Crippen LogP contribution in [0.5, 0.6) is 0 Å². The Kier molecular flexibility index (Phi) is 6.71. The van der Waals surface area contributed by atoms with Gasteiger partial charge in [0.1, 0.15) is 11.6 Å². The van der Waals surface area contributed by atoms with Crippen LogP contribution in [0.25, 0.3) is 0 Å². The van der Waals surface area contributed by atoms with Gasteiger partial charge in [-0.1, -0.05) is 26.0 Å². The molecule has 0 fully saturated rings. The lowest BCUT2D eigenvalue weighted by Gasteiger charge is -2.19. The Morgan fingerprint density at radius 2 is 1.84 bits per heavy atom. The second-order valence-corrected chi connectivity index (χ2v) is 4.94. The summed E-state index contributed by atoms with van der Waals surface area (Å²) in [6, 6.07) is 3.90. The Morgan fingerprint density at radius 3 is 2.37 bits per heavy atom. The predicted molar refractivity (Wildman–Crippen MR) is 76.2 cm³/mol. The zero-order chi connectivity index (χ0) is 14.3. The SMILES string of the molecule is C=C(CC)CC(Cc1cc(F)cc(F)c1)NCCC. The van der Waals surface area contributed by atoms with E-state index in [2.05, 4.69) is 25.7 Å². The fourth-order valence-electron chi connectivity index (χ4n) is 2.07. The average Bonchev–Trinajstić information content (AvgIpc) is 2.34. The van der Waals surface area contributed by atoms with Gasteiger partial charge < -0.3 is 5.32 Å². The summed E-state index contributed by atoms with van der Waals surface area (Å²) in [4.78, 5) is 0. The molecule has 1 aromatic carbocycles. The molecule has 1 rings (SSSR count). The van der Waals surface area contributed by atoms with Crippen LogP contribution in [0.2, 0.25) is 0 Å². The molecule has 106 valence electrons. The molecule has 0 aliphatic heterocycles. The van der Waals surface area contributed by atoms with E-state index in [4.69, 9.17) is 0 Å². The summed E-state index contributed by atoms with van der Waals surface area (Å²) in [7, 11) is 0. The standard InChI is InChI=1S/C16H23F2N/c1-4-6-19-16(7-12(3)5-2)10-13-8-14(17)11-15(18)9-13/h8-9,11,16,19H,3-7,10H2,1-2H3. The minimum Gasteiger partial charge on any atom is -0.313 e. The second-order valence-electron chi connectivity index (χ2n) is 4.94. The molecule has 0 spiro atoms. The summed E-state index contributed by atoms with van der Waals surface area (Å²) in [5, 5.41) is 3.42. The molecule has 0 aromatic heterocycles. The summed E-state index contributed by atoms with van der Waals surface area (Å²) in [6.07, 6.45) is 3.43. The first-order chi connectivity index (χ1) is 9.05. The molecule has 1 N–H and O–H groups in total. The van der Waals surface area contributed by atoms with E-state index in [0.717, 1.165) is 37.4 Å². The molecular formula is C16H23F2N.